The first-order chi connectivity index (χ1) is 14.7. The maximum Gasteiger partial charge on any atom is 0.275 e. The van der Waals surface area contributed by atoms with Gasteiger partial charge in [-0.05, 0) is 49.1 Å². The molecule has 2 N–H and O–H groups in total. The van der Waals surface area contributed by atoms with Gasteiger partial charge in [0.05, 0.1) is 6.42 Å². The number of anilines is 3. The zero-order valence-corrected chi connectivity index (χ0v) is 17.5. The van der Waals surface area contributed by atoms with Crippen LogP contribution in [-0.2, 0) is 11.2 Å². The summed E-state index contributed by atoms with van der Waals surface area (Å²) >= 11 is 1.24. The normalized spacial score (nSPS) is 13.7. The van der Waals surface area contributed by atoms with E-state index < -0.39 is 0 Å². The van der Waals surface area contributed by atoms with Crippen LogP contribution in [0.3, 0.4) is 0 Å². The molecule has 1 fully saturated rings. The predicted octanol–water partition coefficient (Wildman–Crippen LogP) is 4.57. The van der Waals surface area contributed by atoms with Crippen molar-refractivity contribution >= 4 is 39.7 Å². The number of benzene rings is 2. The topological polar surface area (TPSA) is 74.3 Å². The van der Waals surface area contributed by atoms with Gasteiger partial charge in [0.2, 0.25) is 5.91 Å². The van der Waals surface area contributed by atoms with E-state index in [9.17, 15) is 9.59 Å². The molecule has 0 aliphatic carbocycles. The summed E-state index contributed by atoms with van der Waals surface area (Å²) in [4.78, 5) is 31.3. The van der Waals surface area contributed by atoms with Gasteiger partial charge in [-0.3, -0.25) is 9.59 Å². The van der Waals surface area contributed by atoms with E-state index >= 15 is 0 Å². The number of hydrogen-bond acceptors (Lipinski definition) is 5. The fourth-order valence-corrected chi connectivity index (χ4v) is 4.19. The number of hydrogen-bond donors (Lipinski definition) is 2. The summed E-state index contributed by atoms with van der Waals surface area (Å²) in [5.41, 5.74) is 3.13. The van der Waals surface area contributed by atoms with E-state index in [-0.39, 0.29) is 23.9 Å². The molecule has 4 rings (SSSR count). The van der Waals surface area contributed by atoms with E-state index in [1.807, 2.05) is 54.6 Å². The largest absolute Gasteiger partial charge is 0.372 e. The number of nitrogens with one attached hydrogen (secondary N) is 2. The third-order valence-electron chi connectivity index (χ3n) is 5.04. The van der Waals surface area contributed by atoms with Gasteiger partial charge in [0.1, 0.15) is 5.69 Å². The standard InChI is InChI=1S/C23H24N4O2S/c28-21(15-17-7-3-1-4-8-17)26-23-25-20(16-30-23)22(29)24-18-9-11-19(12-10-18)27-13-5-2-6-14-27/h1,3-4,7-12,16H,2,5-6,13-15H2,(H,24,29)(H,25,26,28). The van der Waals surface area contributed by atoms with E-state index in [0.717, 1.165) is 24.3 Å². The van der Waals surface area contributed by atoms with Crippen molar-refractivity contribution in [2.45, 2.75) is 25.7 Å². The molecule has 3 aromatic rings. The van der Waals surface area contributed by atoms with Crippen molar-refractivity contribution in [3.8, 4) is 0 Å². The minimum absolute atomic E-state index is 0.157. The van der Waals surface area contributed by atoms with Gasteiger partial charge in [0.25, 0.3) is 5.91 Å². The van der Waals surface area contributed by atoms with Crippen molar-refractivity contribution in [2.75, 3.05) is 28.6 Å². The smallest absolute Gasteiger partial charge is 0.275 e. The predicted molar refractivity (Wildman–Crippen MR) is 121 cm³/mol. The maximum atomic E-state index is 12.5. The van der Waals surface area contributed by atoms with Gasteiger partial charge in [0, 0.05) is 29.8 Å². The van der Waals surface area contributed by atoms with Crippen molar-refractivity contribution < 1.29 is 9.59 Å². The van der Waals surface area contributed by atoms with Crippen LogP contribution in [0, 0.1) is 0 Å². The Morgan fingerprint density at radius 1 is 0.933 bits per heavy atom. The lowest BCUT2D eigenvalue weighted by Crippen LogP contribution is -2.29. The number of rotatable bonds is 6. The molecule has 0 saturated carbocycles. The molecule has 1 aromatic heterocycles. The van der Waals surface area contributed by atoms with Crippen LogP contribution in [0.25, 0.3) is 0 Å². The lowest BCUT2D eigenvalue weighted by Gasteiger charge is -2.28. The van der Waals surface area contributed by atoms with Gasteiger partial charge in [-0.15, -0.1) is 11.3 Å². The highest BCUT2D eigenvalue weighted by Gasteiger charge is 2.14. The number of amides is 2. The quantitative estimate of drug-likeness (QED) is 0.613. The van der Waals surface area contributed by atoms with Gasteiger partial charge >= 0.3 is 0 Å². The molecule has 1 saturated heterocycles. The van der Waals surface area contributed by atoms with E-state index in [0.29, 0.717) is 5.13 Å². The van der Waals surface area contributed by atoms with Gasteiger partial charge < -0.3 is 15.5 Å². The van der Waals surface area contributed by atoms with Gasteiger partial charge in [-0.1, -0.05) is 30.3 Å². The molecule has 6 nitrogen and oxygen atoms in total. The van der Waals surface area contributed by atoms with E-state index in [1.165, 1.54) is 36.3 Å². The third kappa shape index (κ3) is 5.24. The minimum atomic E-state index is -0.291. The molecule has 0 radical (unpaired) electrons. The number of aromatic nitrogens is 1. The van der Waals surface area contributed by atoms with Crippen molar-refractivity contribution in [2.24, 2.45) is 0 Å². The van der Waals surface area contributed by atoms with Crippen LogP contribution in [0.1, 0.15) is 35.3 Å². The number of thiazole rings is 1. The summed E-state index contributed by atoms with van der Waals surface area (Å²) in [5.74, 6) is -0.448. The lowest BCUT2D eigenvalue weighted by molar-refractivity contribution is -0.115. The first-order valence-corrected chi connectivity index (χ1v) is 11.0. The first-order valence-electron chi connectivity index (χ1n) is 10.1. The zero-order chi connectivity index (χ0) is 20.8. The van der Waals surface area contributed by atoms with Gasteiger partial charge in [-0.25, -0.2) is 4.98 Å². The average molecular weight is 421 g/mol. The SMILES string of the molecule is O=C(Cc1ccccc1)Nc1nc(C(=O)Nc2ccc(N3CCCCC3)cc2)cs1. The molecule has 0 unspecified atom stereocenters. The van der Waals surface area contributed by atoms with E-state index in [4.69, 9.17) is 0 Å². The molecule has 0 bridgehead atoms. The van der Waals surface area contributed by atoms with Crippen molar-refractivity contribution in [3.05, 3.63) is 71.2 Å². The second-order valence-electron chi connectivity index (χ2n) is 7.30. The molecular weight excluding hydrogens is 396 g/mol. The molecular formula is C23H24N4O2S. The van der Waals surface area contributed by atoms with Crippen molar-refractivity contribution in [3.63, 3.8) is 0 Å². The second-order valence-corrected chi connectivity index (χ2v) is 8.16. The molecule has 2 amide bonds. The summed E-state index contributed by atoms with van der Waals surface area (Å²) in [6, 6.07) is 17.4. The first kappa shape index (κ1) is 20.1. The highest BCUT2D eigenvalue weighted by atomic mass is 32.1. The molecule has 2 heterocycles. The van der Waals surface area contributed by atoms with Gasteiger partial charge in [0.15, 0.2) is 5.13 Å². The Bertz CT molecular complexity index is 996. The second kappa shape index (κ2) is 9.54. The molecule has 1 aliphatic rings. The highest BCUT2D eigenvalue weighted by molar-refractivity contribution is 7.14. The summed E-state index contributed by atoms with van der Waals surface area (Å²) in [6.07, 6.45) is 4.03. The average Bonchev–Trinajstić information content (AvgIpc) is 3.24. The Hall–Kier alpha value is -3.19. The third-order valence-corrected chi connectivity index (χ3v) is 5.79. The Kier molecular flexibility index (Phi) is 6.39. The lowest BCUT2D eigenvalue weighted by atomic mass is 10.1. The highest BCUT2D eigenvalue weighted by Crippen LogP contribution is 2.23. The van der Waals surface area contributed by atoms with Crippen molar-refractivity contribution in [1.29, 1.82) is 0 Å². The zero-order valence-electron chi connectivity index (χ0n) is 16.6. The van der Waals surface area contributed by atoms with Crippen LogP contribution in [0.2, 0.25) is 0 Å². The Morgan fingerprint density at radius 2 is 1.67 bits per heavy atom. The molecule has 7 heteroatoms. The fourth-order valence-electron chi connectivity index (χ4n) is 3.48. The fraction of sp³-hybridized carbons (Fsp3) is 0.261. The summed E-state index contributed by atoms with van der Waals surface area (Å²) in [5, 5.41) is 7.69. The summed E-state index contributed by atoms with van der Waals surface area (Å²) < 4.78 is 0. The van der Waals surface area contributed by atoms with Crippen LogP contribution in [0.4, 0.5) is 16.5 Å². The van der Waals surface area contributed by atoms with E-state index in [1.54, 1.807) is 5.38 Å². The van der Waals surface area contributed by atoms with Crippen LogP contribution < -0.4 is 15.5 Å². The van der Waals surface area contributed by atoms with Gasteiger partial charge in [-0.2, -0.15) is 0 Å². The number of nitrogens with zero attached hydrogens (tertiary/aromatic N) is 2. The monoisotopic (exact) mass is 420 g/mol. The molecule has 30 heavy (non-hydrogen) atoms. The van der Waals surface area contributed by atoms with Crippen LogP contribution in [-0.4, -0.2) is 29.9 Å². The van der Waals surface area contributed by atoms with Crippen LogP contribution in [0.15, 0.2) is 60.0 Å². The molecule has 1 aliphatic heterocycles. The molecule has 154 valence electrons. The summed E-state index contributed by atoms with van der Waals surface area (Å²) in [6.45, 7) is 2.17. The Labute approximate surface area is 180 Å². The number of piperidine rings is 1. The molecule has 0 atom stereocenters. The number of carbonyl (C=O) groups excluding carboxylic acids is 2. The molecule has 2 aromatic carbocycles. The minimum Gasteiger partial charge on any atom is -0.372 e. The van der Waals surface area contributed by atoms with Crippen molar-refractivity contribution in [1.82, 2.24) is 4.98 Å². The Morgan fingerprint density at radius 3 is 2.40 bits per heavy atom. The summed E-state index contributed by atoms with van der Waals surface area (Å²) in [7, 11) is 0. The molecule has 0 spiro atoms. The van der Waals surface area contributed by atoms with Crippen LogP contribution in [0.5, 0.6) is 0 Å². The van der Waals surface area contributed by atoms with Crippen LogP contribution >= 0.6 is 11.3 Å². The number of carbonyl (C=O) groups is 2. The Balaban J connectivity index is 1.32. The van der Waals surface area contributed by atoms with E-state index in [2.05, 4.69) is 20.5 Å². The maximum absolute atomic E-state index is 12.5.